The molecule has 1 aliphatic rings. The Kier molecular flexibility index (Phi) is 5.38. The van der Waals surface area contributed by atoms with Crippen molar-refractivity contribution in [1.82, 2.24) is 15.0 Å². The van der Waals surface area contributed by atoms with E-state index in [9.17, 15) is 4.79 Å². The van der Waals surface area contributed by atoms with Crippen molar-refractivity contribution in [3.05, 3.63) is 56.5 Å². The lowest BCUT2D eigenvalue weighted by molar-refractivity contribution is -0.130. The van der Waals surface area contributed by atoms with Crippen LogP contribution in [0.15, 0.2) is 51.5 Å². The maximum Gasteiger partial charge on any atom is 0.253 e. The van der Waals surface area contributed by atoms with Crippen LogP contribution in [-0.4, -0.2) is 32.3 Å². The zero-order valence-electron chi connectivity index (χ0n) is 14.5. The third-order valence-electron chi connectivity index (χ3n) is 4.08. The van der Waals surface area contributed by atoms with Gasteiger partial charge in [-0.05, 0) is 22.9 Å². The summed E-state index contributed by atoms with van der Waals surface area (Å²) in [5.41, 5.74) is 6.86. The van der Waals surface area contributed by atoms with Crippen LogP contribution in [0.3, 0.4) is 0 Å². The Morgan fingerprint density at radius 3 is 2.86 bits per heavy atom. The monoisotopic (exact) mass is 426 g/mol. The van der Waals surface area contributed by atoms with Gasteiger partial charge in [-0.3, -0.25) is 4.79 Å². The molecule has 0 fully saturated rings. The Balaban J connectivity index is 1.52. The van der Waals surface area contributed by atoms with E-state index >= 15 is 0 Å². The molecule has 1 atom stereocenters. The molecule has 140 valence electrons. The normalized spacial score (nSPS) is 16.0. The second kappa shape index (κ2) is 8.10. The molecule has 0 aliphatic carbocycles. The molecule has 0 spiro atoms. The van der Waals surface area contributed by atoms with E-state index in [0.29, 0.717) is 11.6 Å². The van der Waals surface area contributed by atoms with Crippen LogP contribution in [-0.2, 0) is 4.79 Å². The van der Waals surface area contributed by atoms with Crippen molar-refractivity contribution >= 4 is 51.9 Å². The number of hydrazone groups is 1. The molecule has 0 radical (unpaired) electrons. The molecule has 1 aliphatic heterocycles. The summed E-state index contributed by atoms with van der Waals surface area (Å²) in [5.74, 6) is 0.124. The van der Waals surface area contributed by atoms with Crippen molar-refractivity contribution in [3.63, 3.8) is 0 Å². The average molecular weight is 427 g/mol. The van der Waals surface area contributed by atoms with E-state index in [2.05, 4.69) is 15.1 Å². The van der Waals surface area contributed by atoms with Crippen molar-refractivity contribution in [1.29, 1.82) is 5.26 Å². The second-order valence-corrected chi connectivity index (χ2v) is 8.72. The summed E-state index contributed by atoms with van der Waals surface area (Å²) in [5, 5.41) is 19.5. The number of carbonyl (C=O) groups excluding carboxylic acids is 1. The summed E-state index contributed by atoms with van der Waals surface area (Å²) in [6.45, 7) is 0. The molecule has 0 saturated heterocycles. The van der Waals surface area contributed by atoms with Gasteiger partial charge in [-0.1, -0.05) is 23.9 Å². The van der Waals surface area contributed by atoms with Gasteiger partial charge in [0.15, 0.2) is 5.16 Å². The van der Waals surface area contributed by atoms with Gasteiger partial charge in [0.2, 0.25) is 0 Å². The SMILES string of the molecule is N#Cc1cnc(SCC(=O)N2N=C(c3cccs3)C[C@@H]2c2cccs2)nc1N. The molecule has 3 aromatic rings. The molecule has 0 bridgehead atoms. The first-order chi connectivity index (χ1) is 13.7. The highest BCUT2D eigenvalue weighted by molar-refractivity contribution is 7.99. The lowest BCUT2D eigenvalue weighted by Gasteiger charge is -2.20. The van der Waals surface area contributed by atoms with E-state index < -0.39 is 0 Å². The summed E-state index contributed by atoms with van der Waals surface area (Å²) in [4.78, 5) is 23.2. The Morgan fingerprint density at radius 2 is 2.18 bits per heavy atom. The van der Waals surface area contributed by atoms with Crippen LogP contribution < -0.4 is 5.73 Å². The van der Waals surface area contributed by atoms with Crippen LogP contribution in [0, 0.1) is 11.3 Å². The number of carbonyl (C=O) groups is 1. The largest absolute Gasteiger partial charge is 0.382 e. The summed E-state index contributed by atoms with van der Waals surface area (Å²) in [6, 6.07) is 9.83. The van der Waals surface area contributed by atoms with E-state index in [1.807, 2.05) is 41.1 Å². The fourth-order valence-electron chi connectivity index (χ4n) is 2.76. The minimum Gasteiger partial charge on any atom is -0.382 e. The van der Waals surface area contributed by atoms with Crippen LogP contribution in [0.2, 0.25) is 0 Å². The Hall–Kier alpha value is -2.74. The third-order valence-corrected chi connectivity index (χ3v) is 6.82. The molecular weight excluding hydrogens is 412 g/mol. The van der Waals surface area contributed by atoms with Gasteiger partial charge >= 0.3 is 0 Å². The number of nitriles is 1. The lowest BCUT2D eigenvalue weighted by atomic mass is 10.1. The quantitative estimate of drug-likeness (QED) is 0.494. The standard InChI is InChI=1S/C18H14N6OS3/c19-8-11-9-21-18(22-17(11)20)28-10-16(25)24-13(15-4-2-6-27-15)7-12(23-24)14-3-1-5-26-14/h1-6,9,13H,7,10H2,(H2,20,21,22)/t13-/m1/s1. The number of hydrogen-bond donors (Lipinski definition) is 1. The van der Waals surface area contributed by atoms with Crippen molar-refractivity contribution in [2.75, 3.05) is 11.5 Å². The van der Waals surface area contributed by atoms with Crippen molar-refractivity contribution in [3.8, 4) is 6.07 Å². The zero-order valence-corrected chi connectivity index (χ0v) is 16.9. The molecule has 4 rings (SSSR count). The van der Waals surface area contributed by atoms with Gasteiger partial charge < -0.3 is 5.73 Å². The van der Waals surface area contributed by atoms with Crippen molar-refractivity contribution in [2.24, 2.45) is 5.10 Å². The topological polar surface area (TPSA) is 108 Å². The van der Waals surface area contributed by atoms with E-state index in [1.54, 1.807) is 27.7 Å². The molecule has 0 aromatic carbocycles. The fourth-order valence-corrected chi connectivity index (χ4v) is 4.97. The number of nitrogens with two attached hydrogens (primary N) is 1. The van der Waals surface area contributed by atoms with Gasteiger partial charge in [-0.15, -0.1) is 22.7 Å². The van der Waals surface area contributed by atoms with E-state index in [0.717, 1.165) is 15.5 Å². The Bertz CT molecular complexity index is 1060. The second-order valence-electron chi connectivity index (χ2n) is 5.85. The number of thiophene rings is 2. The highest BCUT2D eigenvalue weighted by Gasteiger charge is 2.34. The van der Waals surface area contributed by atoms with Crippen molar-refractivity contribution in [2.45, 2.75) is 17.6 Å². The molecule has 28 heavy (non-hydrogen) atoms. The molecule has 0 saturated carbocycles. The highest BCUT2D eigenvalue weighted by atomic mass is 32.2. The maximum absolute atomic E-state index is 12.9. The van der Waals surface area contributed by atoms with Gasteiger partial charge in [-0.25, -0.2) is 15.0 Å². The number of nitrogen functional groups attached to an aromatic ring is 1. The molecule has 2 N–H and O–H groups in total. The van der Waals surface area contributed by atoms with Crippen LogP contribution in [0.5, 0.6) is 0 Å². The highest BCUT2D eigenvalue weighted by Crippen LogP contribution is 2.36. The number of thioether (sulfide) groups is 1. The smallest absolute Gasteiger partial charge is 0.253 e. The van der Waals surface area contributed by atoms with Gasteiger partial charge in [-0.2, -0.15) is 10.4 Å². The van der Waals surface area contributed by atoms with Gasteiger partial charge in [0.05, 0.1) is 28.6 Å². The summed E-state index contributed by atoms with van der Waals surface area (Å²) in [7, 11) is 0. The van der Waals surface area contributed by atoms with Gasteiger partial charge in [0.1, 0.15) is 17.5 Å². The zero-order chi connectivity index (χ0) is 19.5. The summed E-state index contributed by atoms with van der Waals surface area (Å²) < 4.78 is 0. The van der Waals surface area contributed by atoms with Crippen LogP contribution in [0.1, 0.15) is 27.8 Å². The maximum atomic E-state index is 12.9. The van der Waals surface area contributed by atoms with E-state index in [-0.39, 0.29) is 29.1 Å². The predicted octanol–water partition coefficient (Wildman–Crippen LogP) is 3.52. The first-order valence-corrected chi connectivity index (χ1v) is 11.0. The minimum absolute atomic E-state index is 0.0999. The molecule has 0 unspecified atom stereocenters. The average Bonchev–Trinajstić information content (AvgIpc) is 3.46. The Labute approximate surface area is 173 Å². The third kappa shape index (κ3) is 3.77. The molecule has 3 aromatic heterocycles. The van der Waals surface area contributed by atoms with Gasteiger partial charge in [0.25, 0.3) is 5.91 Å². The first-order valence-electron chi connectivity index (χ1n) is 8.28. The van der Waals surface area contributed by atoms with Gasteiger partial charge in [0, 0.05) is 11.3 Å². The number of rotatable bonds is 5. The Morgan fingerprint density at radius 1 is 1.36 bits per heavy atom. The lowest BCUT2D eigenvalue weighted by Crippen LogP contribution is -2.28. The molecular formula is C18H14N6OS3. The minimum atomic E-state index is -0.124. The number of nitrogens with zero attached hydrogens (tertiary/aromatic N) is 5. The molecule has 4 heterocycles. The number of aromatic nitrogens is 2. The predicted molar refractivity (Wildman–Crippen MR) is 111 cm³/mol. The fraction of sp³-hybridized carbons (Fsp3) is 0.167. The summed E-state index contributed by atoms with van der Waals surface area (Å²) >= 11 is 4.42. The molecule has 7 nitrogen and oxygen atoms in total. The number of anilines is 1. The molecule has 1 amide bonds. The van der Waals surface area contributed by atoms with Crippen LogP contribution >= 0.6 is 34.4 Å². The van der Waals surface area contributed by atoms with E-state index in [1.165, 1.54) is 18.0 Å². The summed E-state index contributed by atoms with van der Waals surface area (Å²) in [6.07, 6.45) is 2.06. The van der Waals surface area contributed by atoms with Crippen LogP contribution in [0.4, 0.5) is 5.82 Å². The number of hydrogen-bond acceptors (Lipinski definition) is 9. The number of amides is 1. The van der Waals surface area contributed by atoms with E-state index in [4.69, 9.17) is 11.0 Å². The molecule has 10 heteroatoms. The first kappa shape index (κ1) is 18.6. The van der Waals surface area contributed by atoms with Crippen LogP contribution in [0.25, 0.3) is 0 Å². The van der Waals surface area contributed by atoms with Crippen molar-refractivity contribution < 1.29 is 4.79 Å².